The summed E-state index contributed by atoms with van der Waals surface area (Å²) in [5, 5.41) is 10.5. The minimum Gasteiger partial charge on any atom is -0.355 e. The monoisotopic (exact) mass is 559 g/mol. The van der Waals surface area contributed by atoms with E-state index in [1.54, 1.807) is 0 Å². The molecule has 0 spiro atoms. The highest BCUT2D eigenvalue weighted by Crippen LogP contribution is 2.49. The van der Waals surface area contributed by atoms with Crippen LogP contribution in [-0.4, -0.2) is 4.98 Å². The first-order valence-electron chi connectivity index (χ1n) is 15.5. The lowest BCUT2D eigenvalue weighted by Crippen LogP contribution is -2.14. The molecule has 0 aliphatic heterocycles. The molecule has 1 aliphatic carbocycles. The summed E-state index contributed by atoms with van der Waals surface area (Å²) in [6, 6.07) is 50.0. The standard InChI is InChI=1S/C43H29N/c1-43(2)37-9-4-3-8-32(37)33-18-14-29(24-38(33)43)28-15-20-39-35(22-28)36-23-30(16-21-40(36)44-39)31-17-12-27-11-10-25-6-5-7-26-13-19-34(31)42(27)41(25)26/h3-24,44H,1-2H3. The van der Waals surface area contributed by atoms with Crippen LogP contribution < -0.4 is 0 Å². The third-order valence-corrected chi connectivity index (χ3v) is 10.4. The second kappa shape index (κ2) is 8.36. The van der Waals surface area contributed by atoms with Crippen LogP contribution in [-0.2, 0) is 5.41 Å². The molecule has 0 unspecified atom stereocenters. The number of fused-ring (bicyclic) bond motifs is 6. The summed E-state index contributed by atoms with van der Waals surface area (Å²) in [7, 11) is 0. The SMILES string of the molecule is CC1(C)c2ccccc2-c2ccc(-c3ccc4[nH]c5ccc(-c6ccc7ccc8cccc9ccc6c7c89)cc5c4c3)cc21. The Morgan fingerprint density at radius 2 is 1.00 bits per heavy atom. The van der Waals surface area contributed by atoms with Crippen LogP contribution in [0.5, 0.6) is 0 Å². The van der Waals surface area contributed by atoms with Crippen LogP contribution in [0.2, 0.25) is 0 Å². The maximum atomic E-state index is 3.68. The van der Waals surface area contributed by atoms with E-state index in [9.17, 15) is 0 Å². The van der Waals surface area contributed by atoms with Crippen LogP contribution in [0.25, 0.3) is 87.5 Å². The van der Waals surface area contributed by atoms with Gasteiger partial charge < -0.3 is 4.98 Å². The molecule has 1 aliphatic rings. The van der Waals surface area contributed by atoms with E-state index in [1.165, 1.54) is 98.6 Å². The van der Waals surface area contributed by atoms with Gasteiger partial charge in [0.05, 0.1) is 0 Å². The van der Waals surface area contributed by atoms with Crippen molar-refractivity contribution in [2.75, 3.05) is 0 Å². The summed E-state index contributed by atoms with van der Waals surface area (Å²) in [5.74, 6) is 0. The first kappa shape index (κ1) is 24.1. The topological polar surface area (TPSA) is 15.8 Å². The number of rotatable bonds is 2. The van der Waals surface area contributed by atoms with Crippen molar-refractivity contribution in [2.24, 2.45) is 0 Å². The Kier molecular flexibility index (Phi) is 4.58. The number of H-pyrrole nitrogens is 1. The summed E-state index contributed by atoms with van der Waals surface area (Å²) in [6.07, 6.45) is 0. The summed E-state index contributed by atoms with van der Waals surface area (Å²) in [6.45, 7) is 4.70. The molecule has 8 aromatic carbocycles. The lowest BCUT2D eigenvalue weighted by molar-refractivity contribution is 0.660. The van der Waals surface area contributed by atoms with Gasteiger partial charge in [-0.25, -0.2) is 0 Å². The van der Waals surface area contributed by atoms with Crippen molar-refractivity contribution in [1.82, 2.24) is 4.98 Å². The maximum Gasteiger partial charge on any atom is 0.0465 e. The Hall–Kier alpha value is -5.40. The van der Waals surface area contributed by atoms with E-state index in [2.05, 4.69) is 152 Å². The minimum atomic E-state index is -0.0115. The van der Waals surface area contributed by atoms with Gasteiger partial charge in [-0.2, -0.15) is 0 Å². The quantitative estimate of drug-likeness (QED) is 0.203. The highest BCUT2D eigenvalue weighted by molar-refractivity contribution is 6.25. The first-order valence-corrected chi connectivity index (χ1v) is 15.5. The molecule has 0 bridgehead atoms. The van der Waals surface area contributed by atoms with Gasteiger partial charge in [0.1, 0.15) is 0 Å². The van der Waals surface area contributed by atoms with Crippen LogP contribution in [0.3, 0.4) is 0 Å². The Morgan fingerprint density at radius 1 is 0.409 bits per heavy atom. The van der Waals surface area contributed by atoms with Crippen LogP contribution >= 0.6 is 0 Å². The Balaban J connectivity index is 1.14. The second-order valence-corrected chi connectivity index (χ2v) is 13.0. The molecule has 0 fully saturated rings. The van der Waals surface area contributed by atoms with E-state index < -0.39 is 0 Å². The molecule has 44 heavy (non-hydrogen) atoms. The molecule has 1 heterocycles. The van der Waals surface area contributed by atoms with Crippen molar-refractivity contribution in [3.05, 3.63) is 145 Å². The van der Waals surface area contributed by atoms with Gasteiger partial charge >= 0.3 is 0 Å². The number of hydrogen-bond acceptors (Lipinski definition) is 0. The predicted molar refractivity (Wildman–Crippen MR) is 188 cm³/mol. The van der Waals surface area contributed by atoms with Gasteiger partial charge in [0.25, 0.3) is 0 Å². The molecule has 0 amide bonds. The van der Waals surface area contributed by atoms with Gasteiger partial charge in [0.15, 0.2) is 0 Å². The summed E-state index contributed by atoms with van der Waals surface area (Å²) in [4.78, 5) is 3.68. The maximum absolute atomic E-state index is 3.68. The Bertz CT molecular complexity index is 2610. The normalized spacial score (nSPS) is 13.9. The Labute approximate surface area is 255 Å². The number of aromatic nitrogens is 1. The first-order chi connectivity index (χ1) is 21.5. The van der Waals surface area contributed by atoms with E-state index in [1.807, 2.05) is 0 Å². The van der Waals surface area contributed by atoms with E-state index in [0.717, 1.165) is 0 Å². The fourth-order valence-corrected chi connectivity index (χ4v) is 8.12. The van der Waals surface area contributed by atoms with Crippen LogP contribution in [0.15, 0.2) is 133 Å². The van der Waals surface area contributed by atoms with Crippen molar-refractivity contribution >= 4 is 54.1 Å². The third-order valence-electron chi connectivity index (χ3n) is 10.4. The van der Waals surface area contributed by atoms with Crippen LogP contribution in [0.4, 0.5) is 0 Å². The second-order valence-electron chi connectivity index (χ2n) is 13.0. The zero-order valence-electron chi connectivity index (χ0n) is 24.7. The molecular formula is C43H29N. The van der Waals surface area contributed by atoms with Gasteiger partial charge in [0, 0.05) is 27.2 Å². The molecule has 9 aromatic rings. The summed E-state index contributed by atoms with van der Waals surface area (Å²) >= 11 is 0. The molecule has 0 saturated carbocycles. The third kappa shape index (κ3) is 3.14. The van der Waals surface area contributed by atoms with Crippen molar-refractivity contribution in [3.8, 4) is 33.4 Å². The Morgan fingerprint density at radius 3 is 1.82 bits per heavy atom. The van der Waals surface area contributed by atoms with Crippen molar-refractivity contribution in [1.29, 1.82) is 0 Å². The van der Waals surface area contributed by atoms with E-state index in [4.69, 9.17) is 0 Å². The van der Waals surface area contributed by atoms with E-state index in [-0.39, 0.29) is 5.41 Å². The number of benzene rings is 8. The van der Waals surface area contributed by atoms with Gasteiger partial charge in [0.2, 0.25) is 0 Å². The molecule has 1 nitrogen and oxygen atoms in total. The smallest absolute Gasteiger partial charge is 0.0465 e. The van der Waals surface area contributed by atoms with Crippen molar-refractivity contribution in [3.63, 3.8) is 0 Å². The van der Waals surface area contributed by atoms with Crippen molar-refractivity contribution < 1.29 is 0 Å². The largest absolute Gasteiger partial charge is 0.355 e. The van der Waals surface area contributed by atoms with Gasteiger partial charge in [-0.1, -0.05) is 117 Å². The molecule has 206 valence electrons. The van der Waals surface area contributed by atoms with Gasteiger partial charge in [-0.15, -0.1) is 0 Å². The molecule has 0 radical (unpaired) electrons. The molecule has 1 heteroatoms. The zero-order valence-corrected chi connectivity index (χ0v) is 24.7. The van der Waals surface area contributed by atoms with Gasteiger partial charge in [-0.05, 0) is 107 Å². The van der Waals surface area contributed by atoms with Crippen LogP contribution in [0.1, 0.15) is 25.0 Å². The fraction of sp³-hybridized carbons (Fsp3) is 0.0698. The molecule has 1 N–H and O–H groups in total. The fourth-order valence-electron chi connectivity index (χ4n) is 8.12. The number of hydrogen-bond donors (Lipinski definition) is 1. The molecular weight excluding hydrogens is 530 g/mol. The van der Waals surface area contributed by atoms with Gasteiger partial charge in [-0.3, -0.25) is 0 Å². The molecule has 0 atom stereocenters. The van der Waals surface area contributed by atoms with E-state index in [0.29, 0.717) is 0 Å². The number of nitrogens with one attached hydrogen (secondary N) is 1. The summed E-state index contributed by atoms with van der Waals surface area (Å²) in [5.41, 5.74) is 12.9. The zero-order chi connectivity index (χ0) is 29.2. The highest BCUT2D eigenvalue weighted by Gasteiger charge is 2.35. The lowest BCUT2D eigenvalue weighted by Gasteiger charge is -2.22. The summed E-state index contributed by atoms with van der Waals surface area (Å²) < 4.78 is 0. The highest BCUT2D eigenvalue weighted by atomic mass is 14.7. The molecule has 1 aromatic heterocycles. The van der Waals surface area contributed by atoms with Crippen molar-refractivity contribution in [2.45, 2.75) is 19.3 Å². The molecule has 0 saturated heterocycles. The number of aromatic amines is 1. The van der Waals surface area contributed by atoms with E-state index >= 15 is 0 Å². The lowest BCUT2D eigenvalue weighted by atomic mass is 9.81. The predicted octanol–water partition coefficient (Wildman–Crippen LogP) is 11.9. The minimum absolute atomic E-state index is 0.0115. The molecule has 10 rings (SSSR count). The average molecular weight is 560 g/mol. The van der Waals surface area contributed by atoms with Crippen LogP contribution in [0, 0.1) is 0 Å². The average Bonchev–Trinajstić information content (AvgIpc) is 3.54.